The predicted molar refractivity (Wildman–Crippen MR) is 150 cm³/mol. The van der Waals surface area contributed by atoms with E-state index in [1.807, 2.05) is 0 Å². The number of carbonyl (C=O) groups excluding carboxylic acids is 4. The zero-order valence-electron chi connectivity index (χ0n) is 25.1. The van der Waals surface area contributed by atoms with Crippen molar-refractivity contribution < 1.29 is 19.2 Å². The fraction of sp³-hybridized carbons (Fsp3) is 0.846. The fourth-order valence-electron chi connectivity index (χ4n) is 4.01. The van der Waals surface area contributed by atoms with Crippen LogP contribution in [0, 0.1) is 0 Å². The number of nitrogens with zero attached hydrogens (tertiary/aromatic N) is 8. The minimum absolute atomic E-state index is 0.0443. The molecule has 0 aromatic rings. The molecule has 0 saturated carbocycles. The van der Waals surface area contributed by atoms with Gasteiger partial charge in [0, 0.05) is 82.6 Å². The number of amides is 4. The molecule has 0 N–H and O–H groups in total. The van der Waals surface area contributed by atoms with Gasteiger partial charge in [-0.3, -0.25) is 38.8 Å². The summed E-state index contributed by atoms with van der Waals surface area (Å²) < 4.78 is 0. The van der Waals surface area contributed by atoms with Crippen LogP contribution in [0.5, 0.6) is 0 Å². The normalized spacial score (nSPS) is 17.9. The average molecular weight is 541 g/mol. The first-order valence-electron chi connectivity index (χ1n) is 13.5. The maximum atomic E-state index is 12.5. The highest BCUT2D eigenvalue weighted by atomic mass is 16.2. The van der Waals surface area contributed by atoms with Gasteiger partial charge in [-0.1, -0.05) is 0 Å². The summed E-state index contributed by atoms with van der Waals surface area (Å²) >= 11 is 0. The summed E-state index contributed by atoms with van der Waals surface area (Å²) in [6.45, 7) is 6.79. The van der Waals surface area contributed by atoms with Crippen molar-refractivity contribution >= 4 is 23.6 Å². The van der Waals surface area contributed by atoms with Crippen LogP contribution in [0.2, 0.25) is 0 Å². The molecular weight excluding hydrogens is 488 g/mol. The molecule has 1 fully saturated rings. The van der Waals surface area contributed by atoms with E-state index in [0.717, 1.165) is 12.8 Å². The van der Waals surface area contributed by atoms with Crippen LogP contribution in [-0.4, -0.2) is 198 Å². The van der Waals surface area contributed by atoms with Gasteiger partial charge in [-0.15, -0.1) is 0 Å². The van der Waals surface area contributed by atoms with Crippen LogP contribution in [0.25, 0.3) is 0 Å². The zero-order valence-corrected chi connectivity index (χ0v) is 25.1. The third-order valence-corrected chi connectivity index (χ3v) is 6.79. The fourth-order valence-corrected chi connectivity index (χ4v) is 4.01. The van der Waals surface area contributed by atoms with E-state index in [1.54, 1.807) is 76.0 Å². The monoisotopic (exact) mass is 540 g/mol. The van der Waals surface area contributed by atoms with Gasteiger partial charge in [0.2, 0.25) is 23.6 Å². The Bertz CT molecular complexity index is 638. The van der Waals surface area contributed by atoms with E-state index in [0.29, 0.717) is 78.5 Å². The average Bonchev–Trinajstić information content (AvgIpc) is 2.83. The van der Waals surface area contributed by atoms with Gasteiger partial charge in [0.1, 0.15) is 0 Å². The maximum absolute atomic E-state index is 12.5. The second kappa shape index (κ2) is 17.3. The molecule has 1 saturated heterocycles. The SMILES string of the molecule is CN(C)C(=O)CN1CCCN(CC(=O)N(C)C)CCN(CC(=O)N(C)C)CCCN(CC(=O)N(C)C)CC1. The highest BCUT2D eigenvalue weighted by molar-refractivity contribution is 5.79. The second-order valence-corrected chi connectivity index (χ2v) is 11.0. The van der Waals surface area contributed by atoms with Gasteiger partial charge in [0.05, 0.1) is 26.2 Å². The first kappa shape index (κ1) is 33.7. The Morgan fingerprint density at radius 3 is 0.737 bits per heavy atom. The lowest BCUT2D eigenvalue weighted by molar-refractivity contribution is -0.132. The maximum Gasteiger partial charge on any atom is 0.236 e. The summed E-state index contributed by atoms with van der Waals surface area (Å²) in [6.07, 6.45) is 1.60. The highest BCUT2D eigenvalue weighted by Crippen LogP contribution is 2.05. The van der Waals surface area contributed by atoms with Gasteiger partial charge in [-0.05, 0) is 39.0 Å². The van der Waals surface area contributed by atoms with Gasteiger partial charge in [-0.25, -0.2) is 0 Å². The smallest absolute Gasteiger partial charge is 0.236 e. The van der Waals surface area contributed by atoms with Crippen molar-refractivity contribution in [1.82, 2.24) is 39.2 Å². The number of hydrogen-bond donors (Lipinski definition) is 0. The van der Waals surface area contributed by atoms with Crippen LogP contribution < -0.4 is 0 Å². The molecule has 4 amide bonds. The van der Waals surface area contributed by atoms with Crippen molar-refractivity contribution in [2.45, 2.75) is 12.8 Å². The molecule has 0 unspecified atom stereocenters. The molecule has 0 aromatic heterocycles. The lowest BCUT2D eigenvalue weighted by Gasteiger charge is -2.32. The molecule has 1 heterocycles. The summed E-state index contributed by atoms with van der Waals surface area (Å²) in [6, 6.07) is 0. The molecule has 0 bridgehead atoms. The molecule has 1 rings (SSSR count). The van der Waals surface area contributed by atoms with E-state index >= 15 is 0 Å². The van der Waals surface area contributed by atoms with Gasteiger partial charge < -0.3 is 19.6 Å². The minimum atomic E-state index is 0.0443. The van der Waals surface area contributed by atoms with E-state index < -0.39 is 0 Å². The van der Waals surface area contributed by atoms with E-state index in [2.05, 4.69) is 19.6 Å². The van der Waals surface area contributed by atoms with Crippen LogP contribution in [0.15, 0.2) is 0 Å². The summed E-state index contributed by atoms with van der Waals surface area (Å²) in [4.78, 5) is 65.0. The molecule has 1 aliphatic heterocycles. The van der Waals surface area contributed by atoms with Crippen molar-refractivity contribution in [1.29, 1.82) is 0 Å². The number of rotatable bonds is 8. The Labute approximate surface area is 230 Å². The standard InChI is InChI=1S/C26H52N8O4/c1-27(2)23(35)19-31-11-9-12-33(21-25(37)29(5)6)17-18-34(22-26(38)30(7)8)14-10-13-32(16-15-31)20-24(36)28(3)4/h9-22H2,1-8H3. The van der Waals surface area contributed by atoms with Crippen molar-refractivity contribution in [2.24, 2.45) is 0 Å². The summed E-state index contributed by atoms with van der Waals surface area (Å²) in [5, 5.41) is 0. The molecular formula is C26H52N8O4. The van der Waals surface area contributed by atoms with E-state index in [-0.39, 0.29) is 23.6 Å². The van der Waals surface area contributed by atoms with Crippen LogP contribution in [0.3, 0.4) is 0 Å². The van der Waals surface area contributed by atoms with Gasteiger partial charge in [0.15, 0.2) is 0 Å². The molecule has 0 atom stereocenters. The molecule has 0 radical (unpaired) electrons. The zero-order chi connectivity index (χ0) is 28.8. The molecule has 12 nitrogen and oxygen atoms in total. The van der Waals surface area contributed by atoms with E-state index in [9.17, 15) is 19.2 Å². The van der Waals surface area contributed by atoms with Crippen molar-refractivity contribution in [2.75, 3.05) is 135 Å². The first-order chi connectivity index (χ1) is 17.8. The van der Waals surface area contributed by atoms with Gasteiger partial charge >= 0.3 is 0 Å². The van der Waals surface area contributed by atoms with Crippen LogP contribution in [0.1, 0.15) is 12.8 Å². The Balaban J connectivity index is 3.09. The van der Waals surface area contributed by atoms with Gasteiger partial charge in [-0.2, -0.15) is 0 Å². The largest absolute Gasteiger partial charge is 0.348 e. The van der Waals surface area contributed by atoms with Gasteiger partial charge in [0.25, 0.3) is 0 Å². The third-order valence-electron chi connectivity index (χ3n) is 6.79. The summed E-state index contributed by atoms with van der Waals surface area (Å²) in [7, 11) is 14.1. The second-order valence-electron chi connectivity index (χ2n) is 11.0. The Morgan fingerprint density at radius 1 is 0.395 bits per heavy atom. The molecule has 0 aliphatic carbocycles. The molecule has 220 valence electrons. The predicted octanol–water partition coefficient (Wildman–Crippen LogP) is -1.66. The van der Waals surface area contributed by atoms with E-state index in [1.165, 1.54) is 0 Å². The summed E-state index contributed by atoms with van der Waals surface area (Å²) in [5.74, 6) is 0.177. The Kier molecular flexibility index (Phi) is 15.4. The van der Waals surface area contributed by atoms with Crippen LogP contribution >= 0.6 is 0 Å². The third kappa shape index (κ3) is 13.5. The van der Waals surface area contributed by atoms with Crippen molar-refractivity contribution in [3.8, 4) is 0 Å². The number of hydrogen-bond acceptors (Lipinski definition) is 8. The minimum Gasteiger partial charge on any atom is -0.348 e. The first-order valence-corrected chi connectivity index (χ1v) is 13.5. The quantitative estimate of drug-likeness (QED) is 0.361. The molecule has 1 aliphatic rings. The molecule has 12 heteroatoms. The Morgan fingerprint density at radius 2 is 0.579 bits per heavy atom. The molecule has 0 aromatic carbocycles. The number of likely N-dealkylation sites (N-methyl/N-ethyl adjacent to an activating group) is 4. The molecule has 38 heavy (non-hydrogen) atoms. The highest BCUT2D eigenvalue weighted by Gasteiger charge is 2.21. The van der Waals surface area contributed by atoms with Crippen molar-refractivity contribution in [3.63, 3.8) is 0 Å². The molecule has 0 spiro atoms. The number of carbonyl (C=O) groups is 4. The summed E-state index contributed by atoms with van der Waals surface area (Å²) in [5.41, 5.74) is 0. The lowest BCUT2D eigenvalue weighted by Crippen LogP contribution is -2.47. The Hall–Kier alpha value is -2.28. The van der Waals surface area contributed by atoms with Crippen LogP contribution in [-0.2, 0) is 19.2 Å². The van der Waals surface area contributed by atoms with Crippen molar-refractivity contribution in [3.05, 3.63) is 0 Å². The topological polar surface area (TPSA) is 94.2 Å². The van der Waals surface area contributed by atoms with Crippen LogP contribution in [0.4, 0.5) is 0 Å². The van der Waals surface area contributed by atoms with E-state index in [4.69, 9.17) is 0 Å². The lowest BCUT2D eigenvalue weighted by atomic mass is 10.2.